The normalized spacial score (nSPS) is 16.8. The number of nitrogens with zero attached hydrogens (tertiary/aromatic N) is 2. The summed E-state index contributed by atoms with van der Waals surface area (Å²) < 4.78 is 27.1. The van der Waals surface area contributed by atoms with Gasteiger partial charge in [-0.3, -0.25) is 14.4 Å². The molecule has 0 radical (unpaired) electrons. The summed E-state index contributed by atoms with van der Waals surface area (Å²) in [5, 5.41) is 16.2. The average molecular weight is 722 g/mol. The van der Waals surface area contributed by atoms with Gasteiger partial charge in [-0.15, -0.1) is 11.3 Å². The highest BCUT2D eigenvalue weighted by Gasteiger charge is 2.44. The van der Waals surface area contributed by atoms with Crippen molar-refractivity contribution in [3.8, 4) is 10.4 Å². The number of amides is 3. The number of likely N-dealkylation sites (tertiary alicyclic amines) is 1. The maximum absolute atomic E-state index is 13.8. The standard InChI is InChI=1S/C35H55N5O9S/c1-25-31(50-24-38-25)27-7-5-26(6-8-27)22-37-33(43)29-21-28(41)23-40(29)34(44)32(35(2,3)4)39-30(42)9-11-45-13-15-47-17-19-49-20-18-48-16-14-46-12-10-36/h5-8,24,28-29,32,41H,9-23,36H2,1-4H3,(H,37,43)(H,39,42)/t28-,29+,32?/m1/s1. The van der Waals surface area contributed by atoms with Crippen LogP contribution < -0.4 is 16.4 Å². The summed E-state index contributed by atoms with van der Waals surface area (Å²) in [4.78, 5) is 46.7. The minimum absolute atomic E-state index is 0.00918. The number of carbonyl (C=O) groups is 3. The summed E-state index contributed by atoms with van der Waals surface area (Å²) in [6.07, 6.45) is -0.677. The molecule has 1 fully saturated rings. The number of ether oxygens (including phenoxy) is 5. The fourth-order valence-corrected chi connectivity index (χ4v) is 6.06. The van der Waals surface area contributed by atoms with Gasteiger partial charge in [-0.25, -0.2) is 4.98 Å². The Morgan fingerprint density at radius 1 is 0.940 bits per heavy atom. The Balaban J connectivity index is 1.36. The lowest BCUT2D eigenvalue weighted by molar-refractivity contribution is -0.144. The topological polar surface area (TPSA) is 184 Å². The summed E-state index contributed by atoms with van der Waals surface area (Å²) in [7, 11) is 0. The van der Waals surface area contributed by atoms with E-state index >= 15 is 0 Å². The van der Waals surface area contributed by atoms with Gasteiger partial charge in [0.2, 0.25) is 17.7 Å². The Morgan fingerprint density at radius 2 is 1.50 bits per heavy atom. The van der Waals surface area contributed by atoms with Crippen LogP contribution in [0.5, 0.6) is 0 Å². The molecule has 2 aromatic rings. The zero-order valence-corrected chi connectivity index (χ0v) is 30.6. The van der Waals surface area contributed by atoms with E-state index in [-0.39, 0.29) is 44.4 Å². The third kappa shape index (κ3) is 14.3. The molecule has 1 aromatic heterocycles. The molecular formula is C35H55N5O9S. The van der Waals surface area contributed by atoms with Gasteiger partial charge in [-0.2, -0.15) is 0 Å². The van der Waals surface area contributed by atoms with Crippen molar-refractivity contribution in [3.63, 3.8) is 0 Å². The van der Waals surface area contributed by atoms with Gasteiger partial charge in [0.1, 0.15) is 12.1 Å². The van der Waals surface area contributed by atoms with E-state index in [0.29, 0.717) is 66.0 Å². The molecule has 0 spiro atoms. The summed E-state index contributed by atoms with van der Waals surface area (Å²) in [6, 6.07) is 6.12. The van der Waals surface area contributed by atoms with Crippen molar-refractivity contribution in [2.45, 2.75) is 65.3 Å². The van der Waals surface area contributed by atoms with Gasteiger partial charge in [0.15, 0.2) is 0 Å². The third-order valence-electron chi connectivity index (χ3n) is 7.94. The van der Waals surface area contributed by atoms with Crippen molar-refractivity contribution in [2.75, 3.05) is 79.2 Å². The van der Waals surface area contributed by atoms with Crippen LogP contribution in [0.1, 0.15) is 44.9 Å². The summed E-state index contributed by atoms with van der Waals surface area (Å²) in [6.45, 7) is 12.4. The van der Waals surface area contributed by atoms with Gasteiger partial charge in [-0.1, -0.05) is 45.0 Å². The second-order valence-corrected chi connectivity index (χ2v) is 13.9. The Labute approximate surface area is 299 Å². The number of rotatable bonds is 23. The second kappa shape index (κ2) is 22.0. The number of nitrogens with two attached hydrogens (primary N) is 1. The quantitative estimate of drug-likeness (QED) is 0.123. The predicted octanol–water partition coefficient (Wildman–Crippen LogP) is 1.66. The molecule has 0 bridgehead atoms. The van der Waals surface area contributed by atoms with Crippen LogP contribution in [0.25, 0.3) is 10.4 Å². The maximum atomic E-state index is 13.8. The molecule has 1 aromatic carbocycles. The largest absolute Gasteiger partial charge is 0.391 e. The number of carbonyl (C=O) groups excluding carboxylic acids is 3. The van der Waals surface area contributed by atoms with E-state index < -0.39 is 29.5 Å². The highest BCUT2D eigenvalue weighted by Crippen LogP contribution is 2.28. The molecule has 5 N–H and O–H groups in total. The molecule has 14 nitrogen and oxygen atoms in total. The summed E-state index contributed by atoms with van der Waals surface area (Å²) in [5.41, 5.74) is 9.44. The van der Waals surface area contributed by atoms with Crippen LogP contribution >= 0.6 is 11.3 Å². The zero-order valence-electron chi connectivity index (χ0n) is 29.8. The Hall–Kier alpha value is -3.02. The van der Waals surface area contributed by atoms with Crippen LogP contribution in [-0.4, -0.2) is 130 Å². The van der Waals surface area contributed by atoms with Crippen molar-refractivity contribution >= 4 is 29.1 Å². The Bertz CT molecular complexity index is 1300. The van der Waals surface area contributed by atoms with E-state index in [4.69, 9.17) is 29.4 Å². The number of aliphatic hydroxyl groups excluding tert-OH is 1. The number of hydrogen-bond donors (Lipinski definition) is 4. The summed E-state index contributed by atoms with van der Waals surface area (Å²) >= 11 is 1.58. The highest BCUT2D eigenvalue weighted by atomic mass is 32.1. The minimum atomic E-state index is -0.906. The Kier molecular flexibility index (Phi) is 18.2. The summed E-state index contributed by atoms with van der Waals surface area (Å²) in [5.74, 6) is -1.11. The van der Waals surface area contributed by atoms with Crippen LogP contribution in [0.15, 0.2) is 29.8 Å². The second-order valence-electron chi connectivity index (χ2n) is 13.0. The first-order valence-electron chi connectivity index (χ1n) is 17.1. The Morgan fingerprint density at radius 3 is 2.02 bits per heavy atom. The number of nitrogens with one attached hydrogen (secondary N) is 2. The third-order valence-corrected chi connectivity index (χ3v) is 8.91. The number of β-amino-alcohol motifs (C(OH)–C–C–N with tert-alkyl or cyclic N) is 1. The zero-order chi connectivity index (χ0) is 36.4. The number of aliphatic hydroxyl groups is 1. The van der Waals surface area contributed by atoms with Crippen LogP contribution in [0.4, 0.5) is 0 Å². The molecule has 0 aliphatic carbocycles. The lowest BCUT2D eigenvalue weighted by Crippen LogP contribution is -2.57. The van der Waals surface area contributed by atoms with Gasteiger partial charge < -0.3 is 50.1 Å². The molecule has 1 unspecified atom stereocenters. The first kappa shape index (κ1) is 41.4. The van der Waals surface area contributed by atoms with Crippen LogP contribution in [-0.2, 0) is 44.6 Å². The molecule has 15 heteroatoms. The minimum Gasteiger partial charge on any atom is -0.391 e. The van der Waals surface area contributed by atoms with E-state index in [1.54, 1.807) is 11.3 Å². The number of benzene rings is 1. The van der Waals surface area contributed by atoms with Crippen molar-refractivity contribution in [3.05, 3.63) is 41.0 Å². The number of aromatic nitrogens is 1. The van der Waals surface area contributed by atoms with Crippen LogP contribution in [0.2, 0.25) is 0 Å². The SMILES string of the molecule is Cc1ncsc1-c1ccc(CNC(=O)[C@@H]2C[C@@H](O)CN2C(=O)C(NC(=O)CCOCCOCCOCCOCCOCCN)C(C)(C)C)cc1. The molecule has 2 heterocycles. The van der Waals surface area contributed by atoms with Gasteiger partial charge >= 0.3 is 0 Å². The monoisotopic (exact) mass is 721 g/mol. The van der Waals surface area contributed by atoms with E-state index in [0.717, 1.165) is 21.7 Å². The van der Waals surface area contributed by atoms with E-state index in [2.05, 4.69) is 15.6 Å². The maximum Gasteiger partial charge on any atom is 0.246 e. The van der Waals surface area contributed by atoms with Crippen molar-refractivity contribution in [1.29, 1.82) is 0 Å². The fourth-order valence-electron chi connectivity index (χ4n) is 5.24. The molecule has 1 aliphatic heterocycles. The smallest absolute Gasteiger partial charge is 0.246 e. The van der Waals surface area contributed by atoms with Crippen LogP contribution in [0, 0.1) is 12.3 Å². The molecule has 50 heavy (non-hydrogen) atoms. The van der Waals surface area contributed by atoms with Gasteiger partial charge in [0, 0.05) is 32.5 Å². The van der Waals surface area contributed by atoms with Gasteiger partial charge in [0.05, 0.1) is 88.3 Å². The van der Waals surface area contributed by atoms with Crippen molar-refractivity contribution in [1.82, 2.24) is 20.5 Å². The van der Waals surface area contributed by atoms with E-state index in [1.807, 2.05) is 57.5 Å². The van der Waals surface area contributed by atoms with Gasteiger partial charge in [0.25, 0.3) is 0 Å². The van der Waals surface area contributed by atoms with Crippen molar-refractivity contribution < 1.29 is 43.2 Å². The number of aryl methyl sites for hydroxylation is 1. The van der Waals surface area contributed by atoms with Gasteiger partial charge in [-0.05, 0) is 23.5 Å². The molecule has 3 rings (SSSR count). The molecular weight excluding hydrogens is 666 g/mol. The van der Waals surface area contributed by atoms with E-state index in [9.17, 15) is 19.5 Å². The molecule has 280 valence electrons. The average Bonchev–Trinajstić information content (AvgIpc) is 3.70. The molecule has 1 saturated heterocycles. The number of thiazole rings is 1. The molecule has 0 saturated carbocycles. The molecule has 1 aliphatic rings. The lowest BCUT2D eigenvalue weighted by Gasteiger charge is -2.35. The molecule has 3 amide bonds. The highest BCUT2D eigenvalue weighted by molar-refractivity contribution is 7.13. The lowest BCUT2D eigenvalue weighted by atomic mass is 9.85. The van der Waals surface area contributed by atoms with Crippen LogP contribution in [0.3, 0.4) is 0 Å². The first-order chi connectivity index (χ1) is 24.0. The molecule has 3 atom stereocenters. The predicted molar refractivity (Wildman–Crippen MR) is 189 cm³/mol. The van der Waals surface area contributed by atoms with Crippen molar-refractivity contribution in [2.24, 2.45) is 11.1 Å². The number of hydrogen-bond acceptors (Lipinski definition) is 12. The fraction of sp³-hybridized carbons (Fsp3) is 0.657. The first-order valence-corrected chi connectivity index (χ1v) is 18.0. The van der Waals surface area contributed by atoms with E-state index in [1.165, 1.54) is 4.90 Å².